The molecule has 0 aromatic carbocycles. The van der Waals surface area contributed by atoms with Crippen molar-refractivity contribution >= 4 is 17.0 Å². The normalized spacial score (nSPS) is 24.5. The van der Waals surface area contributed by atoms with Crippen LogP contribution in [0.3, 0.4) is 0 Å². The van der Waals surface area contributed by atoms with E-state index in [-0.39, 0.29) is 18.9 Å². The summed E-state index contributed by atoms with van der Waals surface area (Å²) in [5.74, 6) is 0.369. The predicted molar refractivity (Wildman–Crippen MR) is 64.6 cm³/mol. The number of aliphatic hydroxyl groups is 1. The minimum absolute atomic E-state index is 0.0419. The second-order valence-corrected chi connectivity index (χ2v) is 4.41. The Labute approximate surface area is 104 Å². The van der Waals surface area contributed by atoms with Gasteiger partial charge in [-0.1, -0.05) is 0 Å². The molecule has 7 nitrogen and oxygen atoms in total. The lowest BCUT2D eigenvalue weighted by Crippen LogP contribution is -2.28. The first kappa shape index (κ1) is 11.4. The Hall–Kier alpha value is -1.73. The summed E-state index contributed by atoms with van der Waals surface area (Å²) in [5, 5.41) is 9.17. The fourth-order valence-corrected chi connectivity index (χ4v) is 2.30. The van der Waals surface area contributed by atoms with Crippen molar-refractivity contribution in [2.75, 3.05) is 12.3 Å². The van der Waals surface area contributed by atoms with Gasteiger partial charge in [0.25, 0.3) is 0 Å². The molecular weight excluding hydrogens is 234 g/mol. The summed E-state index contributed by atoms with van der Waals surface area (Å²) >= 11 is 0. The Kier molecular flexibility index (Phi) is 2.85. The van der Waals surface area contributed by atoms with E-state index in [2.05, 4.69) is 15.0 Å². The number of imidazole rings is 1. The second kappa shape index (κ2) is 4.51. The Morgan fingerprint density at radius 3 is 3.11 bits per heavy atom. The summed E-state index contributed by atoms with van der Waals surface area (Å²) in [6, 6.07) is 0. The van der Waals surface area contributed by atoms with Crippen LogP contribution in [0.2, 0.25) is 0 Å². The SMILES string of the molecule is Nc1ncnc2c1ncn2[C@@H]1CCC[C@@H](CO)O1. The van der Waals surface area contributed by atoms with Gasteiger partial charge in [0, 0.05) is 0 Å². The van der Waals surface area contributed by atoms with Gasteiger partial charge < -0.3 is 15.6 Å². The maximum atomic E-state index is 9.17. The van der Waals surface area contributed by atoms with Crippen molar-refractivity contribution < 1.29 is 9.84 Å². The third kappa shape index (κ3) is 1.81. The third-order valence-corrected chi connectivity index (χ3v) is 3.23. The quantitative estimate of drug-likeness (QED) is 0.802. The van der Waals surface area contributed by atoms with Crippen molar-refractivity contribution in [3.63, 3.8) is 0 Å². The van der Waals surface area contributed by atoms with Gasteiger partial charge in [0.2, 0.25) is 0 Å². The summed E-state index contributed by atoms with van der Waals surface area (Å²) in [5.41, 5.74) is 7.01. The lowest BCUT2D eigenvalue weighted by molar-refractivity contribution is -0.105. The molecule has 1 aliphatic rings. The highest BCUT2D eigenvalue weighted by molar-refractivity contribution is 5.81. The molecular formula is C11H15N5O2. The number of aliphatic hydroxyl groups excluding tert-OH is 1. The molecule has 2 atom stereocenters. The largest absolute Gasteiger partial charge is 0.394 e. The van der Waals surface area contributed by atoms with Crippen LogP contribution in [0.25, 0.3) is 11.2 Å². The highest BCUT2D eigenvalue weighted by Crippen LogP contribution is 2.29. The number of anilines is 1. The van der Waals surface area contributed by atoms with Gasteiger partial charge in [0.15, 0.2) is 11.5 Å². The number of fused-ring (bicyclic) bond motifs is 1. The van der Waals surface area contributed by atoms with Gasteiger partial charge in [-0.3, -0.25) is 4.57 Å². The number of rotatable bonds is 2. The fraction of sp³-hybridized carbons (Fsp3) is 0.545. The van der Waals surface area contributed by atoms with Crippen molar-refractivity contribution in [2.45, 2.75) is 31.6 Å². The van der Waals surface area contributed by atoms with Gasteiger partial charge in [-0.15, -0.1) is 0 Å². The van der Waals surface area contributed by atoms with Crippen LogP contribution in [0, 0.1) is 0 Å². The van der Waals surface area contributed by atoms with E-state index < -0.39 is 0 Å². The molecule has 2 aromatic heterocycles. The summed E-state index contributed by atoms with van der Waals surface area (Å²) in [4.78, 5) is 12.3. The molecule has 0 radical (unpaired) electrons. The molecule has 18 heavy (non-hydrogen) atoms. The first-order valence-electron chi connectivity index (χ1n) is 5.99. The molecule has 2 aromatic rings. The molecule has 1 fully saturated rings. The minimum atomic E-state index is -0.143. The number of hydrogen-bond acceptors (Lipinski definition) is 6. The summed E-state index contributed by atoms with van der Waals surface area (Å²) in [7, 11) is 0. The molecule has 0 aliphatic carbocycles. The molecule has 3 heterocycles. The molecule has 0 bridgehead atoms. The Bertz CT molecular complexity index is 555. The molecule has 7 heteroatoms. The Morgan fingerprint density at radius 1 is 1.39 bits per heavy atom. The molecule has 0 saturated carbocycles. The topological polar surface area (TPSA) is 99.1 Å². The highest BCUT2D eigenvalue weighted by Gasteiger charge is 2.24. The lowest BCUT2D eigenvalue weighted by atomic mass is 10.1. The summed E-state index contributed by atoms with van der Waals surface area (Å²) in [6.07, 6.45) is 5.61. The second-order valence-electron chi connectivity index (χ2n) is 4.41. The first-order valence-corrected chi connectivity index (χ1v) is 5.99. The predicted octanol–water partition coefficient (Wildman–Crippen LogP) is 0.468. The van der Waals surface area contributed by atoms with Gasteiger partial charge in [0.05, 0.1) is 19.0 Å². The van der Waals surface area contributed by atoms with Crippen molar-refractivity contribution in [3.8, 4) is 0 Å². The molecule has 1 saturated heterocycles. The number of nitrogens with zero attached hydrogens (tertiary/aromatic N) is 4. The number of nitrogen functional groups attached to an aromatic ring is 1. The van der Waals surface area contributed by atoms with Crippen molar-refractivity contribution in [2.24, 2.45) is 0 Å². The summed E-state index contributed by atoms with van der Waals surface area (Å²) in [6.45, 7) is 0.0419. The molecule has 0 spiro atoms. The van der Waals surface area contributed by atoms with E-state index in [0.717, 1.165) is 19.3 Å². The third-order valence-electron chi connectivity index (χ3n) is 3.23. The van der Waals surface area contributed by atoms with E-state index in [4.69, 9.17) is 15.6 Å². The van der Waals surface area contributed by atoms with Gasteiger partial charge in [-0.05, 0) is 19.3 Å². The van der Waals surface area contributed by atoms with E-state index >= 15 is 0 Å². The maximum Gasteiger partial charge on any atom is 0.167 e. The number of ether oxygens (including phenoxy) is 1. The van der Waals surface area contributed by atoms with Crippen molar-refractivity contribution in [1.29, 1.82) is 0 Å². The Morgan fingerprint density at radius 2 is 2.28 bits per heavy atom. The van der Waals surface area contributed by atoms with Crippen LogP contribution >= 0.6 is 0 Å². The van der Waals surface area contributed by atoms with E-state index in [9.17, 15) is 0 Å². The van der Waals surface area contributed by atoms with Crippen molar-refractivity contribution in [3.05, 3.63) is 12.7 Å². The van der Waals surface area contributed by atoms with Crippen LogP contribution in [0.15, 0.2) is 12.7 Å². The molecule has 3 N–H and O–H groups in total. The zero-order valence-electron chi connectivity index (χ0n) is 9.86. The van der Waals surface area contributed by atoms with Crippen LogP contribution in [-0.2, 0) is 4.74 Å². The molecule has 96 valence electrons. The van der Waals surface area contributed by atoms with E-state index in [1.54, 1.807) is 6.33 Å². The average Bonchev–Trinajstić information content (AvgIpc) is 2.84. The van der Waals surface area contributed by atoms with Gasteiger partial charge in [0.1, 0.15) is 18.1 Å². The van der Waals surface area contributed by atoms with E-state index in [0.29, 0.717) is 17.0 Å². The van der Waals surface area contributed by atoms with Crippen LogP contribution in [0.4, 0.5) is 5.82 Å². The number of hydrogen-bond donors (Lipinski definition) is 2. The fourth-order valence-electron chi connectivity index (χ4n) is 2.30. The number of nitrogens with two attached hydrogens (primary N) is 1. The minimum Gasteiger partial charge on any atom is -0.394 e. The van der Waals surface area contributed by atoms with Crippen LogP contribution < -0.4 is 5.73 Å². The smallest absolute Gasteiger partial charge is 0.167 e. The molecule has 0 amide bonds. The van der Waals surface area contributed by atoms with Crippen LogP contribution in [0.1, 0.15) is 25.5 Å². The molecule has 1 aliphatic heterocycles. The van der Waals surface area contributed by atoms with Crippen LogP contribution in [-0.4, -0.2) is 37.3 Å². The zero-order chi connectivity index (χ0) is 12.5. The first-order chi connectivity index (χ1) is 8.79. The summed E-state index contributed by atoms with van der Waals surface area (Å²) < 4.78 is 7.66. The lowest BCUT2D eigenvalue weighted by Gasteiger charge is -2.29. The van der Waals surface area contributed by atoms with E-state index in [1.807, 2.05) is 4.57 Å². The Balaban J connectivity index is 1.96. The molecule has 0 unspecified atom stereocenters. The van der Waals surface area contributed by atoms with Crippen LogP contribution in [0.5, 0.6) is 0 Å². The molecule has 3 rings (SSSR count). The average molecular weight is 249 g/mol. The van der Waals surface area contributed by atoms with Gasteiger partial charge in [-0.2, -0.15) is 0 Å². The maximum absolute atomic E-state index is 9.17. The van der Waals surface area contributed by atoms with Crippen molar-refractivity contribution in [1.82, 2.24) is 19.5 Å². The van der Waals surface area contributed by atoms with Gasteiger partial charge >= 0.3 is 0 Å². The highest BCUT2D eigenvalue weighted by atomic mass is 16.5. The number of aromatic nitrogens is 4. The monoisotopic (exact) mass is 249 g/mol. The zero-order valence-corrected chi connectivity index (χ0v) is 9.86. The van der Waals surface area contributed by atoms with Gasteiger partial charge in [-0.25, -0.2) is 15.0 Å². The van der Waals surface area contributed by atoms with E-state index in [1.165, 1.54) is 6.33 Å². The standard InChI is InChI=1S/C11H15N5O2/c12-10-9-11(14-5-13-10)16(6-15-9)8-3-1-2-7(4-17)18-8/h5-8,17H,1-4H2,(H2,12,13,14)/t7-,8-/m0/s1.